The van der Waals surface area contributed by atoms with Gasteiger partial charge in [-0.1, -0.05) is 36.4 Å². The number of amides is 1. The Morgan fingerprint density at radius 1 is 0.935 bits per heavy atom. The first-order valence-corrected chi connectivity index (χ1v) is 9.68. The van der Waals surface area contributed by atoms with Crippen molar-refractivity contribution in [2.75, 3.05) is 31.6 Å². The van der Waals surface area contributed by atoms with Gasteiger partial charge in [0.2, 0.25) is 5.91 Å². The molecular weight excluding hydrogens is 402 g/mol. The first-order chi connectivity index (χ1) is 14.3. The van der Waals surface area contributed by atoms with Crippen molar-refractivity contribution in [1.82, 2.24) is 4.90 Å². The molecule has 168 valence electrons. The first kappa shape index (κ1) is 25.6. The smallest absolute Gasteiger partial charge is 0.414 e. The molecule has 0 spiro atoms. The number of benzene rings is 2. The third kappa shape index (κ3) is 7.09. The van der Waals surface area contributed by atoms with Crippen LogP contribution in [0.3, 0.4) is 0 Å². The van der Waals surface area contributed by atoms with E-state index in [0.29, 0.717) is 0 Å². The molecule has 0 unspecified atom stereocenters. The molecule has 0 saturated carbocycles. The monoisotopic (exact) mass is 431 g/mol. The molecule has 9 nitrogen and oxygen atoms in total. The number of hydrogen-bond donors (Lipinski definition) is 3. The molecule has 2 aromatic rings. The number of carbonyl (C=O) groups excluding carboxylic acids is 1. The number of carboxylic acid groups (broad SMARTS) is 2. The van der Waals surface area contributed by atoms with Crippen LogP contribution in [0.5, 0.6) is 0 Å². The minimum Gasteiger partial charge on any atom is -0.473 e. The summed E-state index contributed by atoms with van der Waals surface area (Å²) < 4.78 is 0. The van der Waals surface area contributed by atoms with E-state index in [0.717, 1.165) is 32.4 Å². The van der Waals surface area contributed by atoms with Gasteiger partial charge in [0.1, 0.15) is 0 Å². The van der Waals surface area contributed by atoms with E-state index < -0.39 is 11.9 Å². The summed E-state index contributed by atoms with van der Waals surface area (Å²) in [5, 5.41) is 14.8. The zero-order valence-electron chi connectivity index (χ0n) is 17.5. The first-order valence-electron chi connectivity index (χ1n) is 9.68. The average molecular weight is 431 g/mol. The number of para-hydroxylation sites is 2. The van der Waals surface area contributed by atoms with Gasteiger partial charge in [0.15, 0.2) is 0 Å². The number of anilines is 2. The van der Waals surface area contributed by atoms with Gasteiger partial charge in [0, 0.05) is 31.5 Å². The van der Waals surface area contributed by atoms with Gasteiger partial charge < -0.3 is 31.2 Å². The molecule has 0 fully saturated rings. The minimum absolute atomic E-state index is 0. The Kier molecular flexibility index (Phi) is 10.2. The Morgan fingerprint density at radius 3 is 1.81 bits per heavy atom. The standard InChI is InChI=1S/C20H25N3O.C2H2O4.H2O/c1-22(20(24)15-21)13-6-14-23-18-9-4-2-7-16(18)11-12-17-8-3-5-10-19(17)23;3-1(4)2(5)6;/h2-5,7-10H,6,11-15,21H2,1H3;(H,3,4)(H,5,6);1H2. The van der Waals surface area contributed by atoms with Crippen molar-refractivity contribution < 1.29 is 30.1 Å². The van der Waals surface area contributed by atoms with E-state index in [4.69, 9.17) is 25.5 Å². The van der Waals surface area contributed by atoms with E-state index in [9.17, 15) is 4.79 Å². The molecule has 1 aliphatic heterocycles. The quantitative estimate of drug-likeness (QED) is 0.598. The summed E-state index contributed by atoms with van der Waals surface area (Å²) in [5.74, 6) is -3.66. The van der Waals surface area contributed by atoms with Crippen LogP contribution in [0.2, 0.25) is 0 Å². The van der Waals surface area contributed by atoms with E-state index in [1.807, 2.05) is 7.05 Å². The summed E-state index contributed by atoms with van der Waals surface area (Å²) in [6.07, 6.45) is 3.04. The molecule has 1 amide bonds. The Bertz CT molecular complexity index is 843. The minimum atomic E-state index is -1.82. The fourth-order valence-electron chi connectivity index (χ4n) is 3.36. The van der Waals surface area contributed by atoms with Crippen LogP contribution in [0.1, 0.15) is 17.5 Å². The molecule has 0 saturated heterocycles. The van der Waals surface area contributed by atoms with Gasteiger partial charge >= 0.3 is 11.9 Å². The van der Waals surface area contributed by atoms with E-state index in [-0.39, 0.29) is 17.9 Å². The van der Waals surface area contributed by atoms with E-state index in [2.05, 4.69) is 53.4 Å². The number of nitrogens with zero attached hydrogens (tertiary/aromatic N) is 2. The summed E-state index contributed by atoms with van der Waals surface area (Å²) in [5.41, 5.74) is 10.8. The second-order valence-corrected chi connectivity index (χ2v) is 6.89. The van der Waals surface area contributed by atoms with Gasteiger partial charge in [0.05, 0.1) is 6.54 Å². The highest BCUT2D eigenvalue weighted by Crippen LogP contribution is 2.35. The molecule has 9 heteroatoms. The lowest BCUT2D eigenvalue weighted by Gasteiger charge is -2.28. The molecule has 1 heterocycles. The molecule has 0 aromatic heterocycles. The lowest BCUT2D eigenvalue weighted by molar-refractivity contribution is -0.159. The molecule has 31 heavy (non-hydrogen) atoms. The number of aryl methyl sites for hydroxylation is 2. The molecule has 1 aliphatic rings. The molecule has 0 bridgehead atoms. The number of carbonyl (C=O) groups is 3. The van der Waals surface area contributed by atoms with Crippen LogP contribution in [0.25, 0.3) is 0 Å². The second-order valence-electron chi connectivity index (χ2n) is 6.89. The number of carboxylic acids is 2. The molecular formula is C22H29N3O6. The Balaban J connectivity index is 0.000000607. The van der Waals surface area contributed by atoms with Gasteiger partial charge in [0.25, 0.3) is 0 Å². The zero-order chi connectivity index (χ0) is 22.1. The number of nitrogens with two attached hydrogens (primary N) is 1. The maximum absolute atomic E-state index is 11.6. The van der Waals surface area contributed by atoms with Crippen LogP contribution in [0, 0.1) is 0 Å². The van der Waals surface area contributed by atoms with Gasteiger partial charge in [-0.3, -0.25) is 4.79 Å². The summed E-state index contributed by atoms with van der Waals surface area (Å²) >= 11 is 0. The highest BCUT2D eigenvalue weighted by molar-refractivity contribution is 6.27. The molecule has 0 radical (unpaired) electrons. The Morgan fingerprint density at radius 2 is 1.39 bits per heavy atom. The van der Waals surface area contributed by atoms with Gasteiger partial charge in [-0.2, -0.15) is 0 Å². The number of likely N-dealkylation sites (N-methyl/N-ethyl adjacent to an activating group) is 1. The Hall–Kier alpha value is -3.43. The SMILES string of the molecule is CN(CCCN1c2ccccc2CCc2ccccc21)C(=O)CN.O.O=C(O)C(=O)O. The molecule has 6 N–H and O–H groups in total. The lowest BCUT2D eigenvalue weighted by atomic mass is 10.0. The lowest BCUT2D eigenvalue weighted by Crippen LogP contribution is -2.34. The van der Waals surface area contributed by atoms with Crippen LogP contribution in [-0.4, -0.2) is 65.1 Å². The van der Waals surface area contributed by atoms with Crippen LogP contribution >= 0.6 is 0 Å². The number of hydrogen-bond acceptors (Lipinski definition) is 5. The predicted octanol–water partition coefficient (Wildman–Crippen LogP) is 1.06. The predicted molar refractivity (Wildman–Crippen MR) is 117 cm³/mol. The normalized spacial score (nSPS) is 11.5. The third-order valence-corrected chi connectivity index (χ3v) is 4.89. The van der Waals surface area contributed by atoms with E-state index in [1.165, 1.54) is 22.5 Å². The van der Waals surface area contributed by atoms with Crippen LogP contribution in [0.15, 0.2) is 48.5 Å². The van der Waals surface area contributed by atoms with Crippen molar-refractivity contribution in [1.29, 1.82) is 0 Å². The number of aliphatic carboxylic acids is 2. The van der Waals surface area contributed by atoms with Crippen LogP contribution < -0.4 is 10.6 Å². The van der Waals surface area contributed by atoms with Crippen molar-refractivity contribution in [3.05, 3.63) is 59.7 Å². The van der Waals surface area contributed by atoms with Gasteiger partial charge in [-0.15, -0.1) is 0 Å². The zero-order valence-corrected chi connectivity index (χ0v) is 17.5. The number of rotatable bonds is 5. The molecule has 3 rings (SSSR count). The summed E-state index contributed by atoms with van der Waals surface area (Å²) in [7, 11) is 1.82. The van der Waals surface area contributed by atoms with Crippen molar-refractivity contribution in [3.63, 3.8) is 0 Å². The van der Waals surface area contributed by atoms with Crippen molar-refractivity contribution in [2.24, 2.45) is 5.73 Å². The van der Waals surface area contributed by atoms with E-state index in [1.54, 1.807) is 4.90 Å². The largest absolute Gasteiger partial charge is 0.473 e. The van der Waals surface area contributed by atoms with Crippen LogP contribution in [-0.2, 0) is 27.2 Å². The van der Waals surface area contributed by atoms with Crippen molar-refractivity contribution in [3.8, 4) is 0 Å². The molecule has 0 aliphatic carbocycles. The van der Waals surface area contributed by atoms with E-state index >= 15 is 0 Å². The Labute approximate surface area is 181 Å². The van der Waals surface area contributed by atoms with Crippen molar-refractivity contribution >= 4 is 29.2 Å². The fourth-order valence-corrected chi connectivity index (χ4v) is 3.36. The average Bonchev–Trinajstić information content (AvgIpc) is 2.91. The topological polar surface area (TPSA) is 156 Å². The van der Waals surface area contributed by atoms with Gasteiger partial charge in [-0.25, -0.2) is 9.59 Å². The fraction of sp³-hybridized carbons (Fsp3) is 0.318. The highest BCUT2D eigenvalue weighted by atomic mass is 16.4. The highest BCUT2D eigenvalue weighted by Gasteiger charge is 2.20. The maximum atomic E-state index is 11.6. The van der Waals surface area contributed by atoms with Crippen LogP contribution in [0.4, 0.5) is 11.4 Å². The second kappa shape index (κ2) is 12.3. The molecule has 2 aromatic carbocycles. The summed E-state index contributed by atoms with van der Waals surface area (Å²) in [4.78, 5) is 34.0. The third-order valence-electron chi connectivity index (χ3n) is 4.89. The summed E-state index contributed by atoms with van der Waals surface area (Å²) in [6, 6.07) is 17.3. The molecule has 0 atom stereocenters. The maximum Gasteiger partial charge on any atom is 0.414 e. The van der Waals surface area contributed by atoms with Gasteiger partial charge in [-0.05, 0) is 42.5 Å². The number of fused-ring (bicyclic) bond motifs is 2. The van der Waals surface area contributed by atoms with Crippen molar-refractivity contribution in [2.45, 2.75) is 19.3 Å². The summed E-state index contributed by atoms with van der Waals surface area (Å²) in [6.45, 7) is 1.68.